The summed E-state index contributed by atoms with van der Waals surface area (Å²) in [6, 6.07) is 5.30. The molecule has 1 atom stereocenters. The molecule has 1 saturated heterocycles. The minimum atomic E-state index is -3.54. The van der Waals surface area contributed by atoms with E-state index in [9.17, 15) is 13.2 Å². The van der Waals surface area contributed by atoms with E-state index in [4.69, 9.17) is 0 Å². The molecular formula is C19H27N3O3S2. The number of thiophene rings is 1. The Bertz CT molecular complexity index is 903. The van der Waals surface area contributed by atoms with Crippen LogP contribution in [-0.4, -0.2) is 36.3 Å². The van der Waals surface area contributed by atoms with Gasteiger partial charge in [-0.3, -0.25) is 4.79 Å². The first-order chi connectivity index (χ1) is 12.6. The SMILES string of the molecule is Cn1cc(S(=O)(=O)N2CCCC2)cc1C(=O)NC(c1cccs1)C(C)(C)C. The maximum absolute atomic E-state index is 12.9. The topological polar surface area (TPSA) is 71.4 Å². The third-order valence-electron chi connectivity index (χ3n) is 4.88. The number of rotatable bonds is 5. The maximum Gasteiger partial charge on any atom is 0.268 e. The molecular weight excluding hydrogens is 382 g/mol. The van der Waals surface area contributed by atoms with Crippen LogP contribution in [0.25, 0.3) is 0 Å². The zero-order valence-corrected chi connectivity index (χ0v) is 17.9. The highest BCUT2D eigenvalue weighted by Gasteiger charge is 2.32. The van der Waals surface area contributed by atoms with E-state index in [1.165, 1.54) is 16.6 Å². The van der Waals surface area contributed by atoms with E-state index in [1.54, 1.807) is 23.0 Å². The molecule has 0 spiro atoms. The normalized spacial score (nSPS) is 17.2. The molecule has 148 valence electrons. The number of nitrogens with one attached hydrogen (secondary N) is 1. The Labute approximate surface area is 165 Å². The number of aromatic nitrogens is 1. The lowest BCUT2D eigenvalue weighted by Crippen LogP contribution is -2.36. The summed E-state index contributed by atoms with van der Waals surface area (Å²) < 4.78 is 28.6. The molecule has 1 N–H and O–H groups in total. The summed E-state index contributed by atoms with van der Waals surface area (Å²) in [4.78, 5) is 14.2. The number of hydrogen-bond donors (Lipinski definition) is 1. The number of amides is 1. The number of aryl methyl sites for hydroxylation is 1. The molecule has 1 unspecified atom stereocenters. The Morgan fingerprint density at radius 1 is 1.26 bits per heavy atom. The standard InChI is InChI=1S/C19H27N3O3S2/c1-19(2,3)17(16-8-7-11-26-16)20-18(23)15-12-14(13-21(15)4)27(24,25)22-9-5-6-10-22/h7-8,11-13,17H,5-6,9-10H2,1-4H3,(H,20,23). The summed E-state index contributed by atoms with van der Waals surface area (Å²) in [5, 5.41) is 5.08. The lowest BCUT2D eigenvalue weighted by Gasteiger charge is -2.30. The quantitative estimate of drug-likeness (QED) is 0.823. The van der Waals surface area contributed by atoms with Crippen molar-refractivity contribution >= 4 is 27.3 Å². The summed E-state index contributed by atoms with van der Waals surface area (Å²) in [6.45, 7) is 7.32. The zero-order chi connectivity index (χ0) is 19.8. The van der Waals surface area contributed by atoms with E-state index in [0.717, 1.165) is 17.7 Å². The molecule has 0 aromatic carbocycles. The summed E-state index contributed by atoms with van der Waals surface area (Å²) in [5.41, 5.74) is 0.175. The second kappa shape index (κ2) is 7.41. The van der Waals surface area contributed by atoms with Crippen molar-refractivity contribution in [1.82, 2.24) is 14.2 Å². The van der Waals surface area contributed by atoms with Gasteiger partial charge in [-0.25, -0.2) is 8.42 Å². The van der Waals surface area contributed by atoms with Crippen LogP contribution in [0.4, 0.5) is 0 Å². The van der Waals surface area contributed by atoms with Gasteiger partial charge in [-0.2, -0.15) is 4.31 Å². The Balaban J connectivity index is 1.86. The fourth-order valence-electron chi connectivity index (χ4n) is 3.35. The molecule has 3 rings (SSSR count). The van der Waals surface area contributed by atoms with Crippen molar-refractivity contribution in [2.45, 2.75) is 44.6 Å². The molecule has 2 aromatic rings. The van der Waals surface area contributed by atoms with Crippen molar-refractivity contribution in [1.29, 1.82) is 0 Å². The van der Waals surface area contributed by atoms with Crippen molar-refractivity contribution in [3.8, 4) is 0 Å². The number of carbonyl (C=O) groups excluding carboxylic acids is 1. The van der Waals surface area contributed by atoms with E-state index in [1.807, 2.05) is 17.5 Å². The molecule has 1 amide bonds. The smallest absolute Gasteiger partial charge is 0.268 e. The molecule has 8 heteroatoms. The van der Waals surface area contributed by atoms with Crippen molar-refractivity contribution in [2.75, 3.05) is 13.1 Å². The lowest BCUT2D eigenvalue weighted by molar-refractivity contribution is 0.0895. The van der Waals surface area contributed by atoms with Crippen molar-refractivity contribution in [3.63, 3.8) is 0 Å². The molecule has 2 aromatic heterocycles. The van der Waals surface area contributed by atoms with E-state index >= 15 is 0 Å². The minimum absolute atomic E-state index is 0.154. The average molecular weight is 410 g/mol. The molecule has 6 nitrogen and oxygen atoms in total. The summed E-state index contributed by atoms with van der Waals surface area (Å²) in [5.74, 6) is -0.270. The van der Waals surface area contributed by atoms with Crippen molar-refractivity contribution < 1.29 is 13.2 Å². The van der Waals surface area contributed by atoms with E-state index in [-0.39, 0.29) is 22.3 Å². The molecule has 1 aliphatic heterocycles. The molecule has 0 radical (unpaired) electrons. The van der Waals surface area contributed by atoms with Gasteiger partial charge in [0.05, 0.1) is 6.04 Å². The van der Waals surface area contributed by atoms with E-state index in [0.29, 0.717) is 18.8 Å². The Morgan fingerprint density at radius 3 is 2.48 bits per heavy atom. The molecule has 27 heavy (non-hydrogen) atoms. The Morgan fingerprint density at radius 2 is 1.93 bits per heavy atom. The molecule has 1 aliphatic rings. The Kier molecular flexibility index (Phi) is 5.52. The van der Waals surface area contributed by atoms with Crippen molar-refractivity contribution in [2.24, 2.45) is 12.5 Å². The average Bonchev–Trinajstić information content (AvgIpc) is 3.32. The van der Waals surface area contributed by atoms with E-state index in [2.05, 4.69) is 26.1 Å². The van der Waals surface area contributed by atoms with Crippen LogP contribution in [0.1, 0.15) is 55.0 Å². The first-order valence-corrected chi connectivity index (χ1v) is 11.4. The number of sulfonamides is 1. The fraction of sp³-hybridized carbons (Fsp3) is 0.526. The maximum atomic E-state index is 12.9. The number of hydrogen-bond acceptors (Lipinski definition) is 4. The van der Waals surface area contributed by atoms with Gasteiger partial charge in [0.2, 0.25) is 10.0 Å². The van der Waals surface area contributed by atoms with Gasteiger partial charge in [0.1, 0.15) is 10.6 Å². The van der Waals surface area contributed by atoms with Gasteiger partial charge < -0.3 is 9.88 Å². The van der Waals surface area contributed by atoms with Crippen LogP contribution in [0.15, 0.2) is 34.7 Å². The predicted molar refractivity (Wildman–Crippen MR) is 107 cm³/mol. The third-order valence-corrected chi connectivity index (χ3v) is 7.69. The van der Waals surface area contributed by atoms with E-state index < -0.39 is 10.0 Å². The van der Waals surface area contributed by atoms with Gasteiger partial charge in [-0.15, -0.1) is 11.3 Å². The Hall–Kier alpha value is -1.64. The molecule has 0 aliphatic carbocycles. The van der Waals surface area contributed by atoms with Crippen LogP contribution < -0.4 is 5.32 Å². The van der Waals surface area contributed by atoms with Crippen molar-refractivity contribution in [3.05, 3.63) is 40.3 Å². The molecule has 0 bridgehead atoms. The highest BCUT2D eigenvalue weighted by molar-refractivity contribution is 7.89. The lowest BCUT2D eigenvalue weighted by atomic mass is 9.85. The zero-order valence-electron chi connectivity index (χ0n) is 16.2. The molecule has 0 saturated carbocycles. The van der Waals surface area contributed by atoms with Gasteiger partial charge in [-0.05, 0) is 35.8 Å². The highest BCUT2D eigenvalue weighted by Crippen LogP contribution is 2.35. The summed E-state index contributed by atoms with van der Waals surface area (Å²) in [6.07, 6.45) is 3.29. The third kappa shape index (κ3) is 4.12. The van der Waals surface area contributed by atoms with Gasteiger partial charge in [0.25, 0.3) is 5.91 Å². The van der Waals surface area contributed by atoms with Gasteiger partial charge in [0, 0.05) is 31.2 Å². The number of carbonyl (C=O) groups is 1. The van der Waals surface area contributed by atoms with Gasteiger partial charge >= 0.3 is 0 Å². The second-order valence-corrected chi connectivity index (χ2v) is 11.0. The molecule has 1 fully saturated rings. The van der Waals surface area contributed by atoms with Crippen LogP contribution in [-0.2, 0) is 17.1 Å². The summed E-state index contributed by atoms with van der Waals surface area (Å²) >= 11 is 1.60. The largest absolute Gasteiger partial charge is 0.345 e. The van der Waals surface area contributed by atoms with Gasteiger partial charge in [0.15, 0.2) is 0 Å². The van der Waals surface area contributed by atoms with Crippen LogP contribution in [0.5, 0.6) is 0 Å². The van der Waals surface area contributed by atoms with Crippen LogP contribution >= 0.6 is 11.3 Å². The van der Waals surface area contributed by atoms with Crippen LogP contribution in [0.2, 0.25) is 0 Å². The monoisotopic (exact) mass is 409 g/mol. The fourth-order valence-corrected chi connectivity index (χ4v) is 5.96. The first-order valence-electron chi connectivity index (χ1n) is 9.11. The van der Waals surface area contributed by atoms with Crippen LogP contribution in [0, 0.1) is 5.41 Å². The number of nitrogens with zero attached hydrogens (tertiary/aromatic N) is 2. The second-order valence-electron chi connectivity index (χ2n) is 8.07. The summed E-state index contributed by atoms with van der Waals surface area (Å²) in [7, 11) is -1.84. The highest BCUT2D eigenvalue weighted by atomic mass is 32.2. The minimum Gasteiger partial charge on any atom is -0.345 e. The predicted octanol–water partition coefficient (Wildman–Crippen LogP) is 3.39. The molecule has 3 heterocycles. The first kappa shape index (κ1) is 20.1. The van der Waals surface area contributed by atoms with Gasteiger partial charge in [-0.1, -0.05) is 26.8 Å². The van der Waals surface area contributed by atoms with Crippen LogP contribution in [0.3, 0.4) is 0 Å².